The van der Waals surface area contributed by atoms with E-state index in [-0.39, 0.29) is 11.4 Å². The van der Waals surface area contributed by atoms with Gasteiger partial charge in [0.1, 0.15) is 5.56 Å². The zero-order valence-corrected chi connectivity index (χ0v) is 13.6. The summed E-state index contributed by atoms with van der Waals surface area (Å²) in [5.41, 5.74) is 4.16. The van der Waals surface area contributed by atoms with Crippen LogP contribution in [0.1, 0.15) is 21.5 Å². The molecule has 0 fully saturated rings. The molecule has 0 aliphatic rings. The molecule has 0 bridgehead atoms. The van der Waals surface area contributed by atoms with Crippen molar-refractivity contribution >= 4 is 5.97 Å². The van der Waals surface area contributed by atoms with E-state index in [4.69, 9.17) is 4.74 Å². The number of carboxylic acid groups (broad SMARTS) is 1. The molecule has 3 aromatic rings. The number of rotatable bonds is 4. The number of hydrogen-bond donors (Lipinski definition) is 1. The number of aryl methyl sites for hydroxylation is 1. The van der Waals surface area contributed by atoms with E-state index in [0.29, 0.717) is 5.82 Å². The molecule has 0 aliphatic heterocycles. The molecule has 0 radical (unpaired) electrons. The number of nitrogens with zero attached hydrogens (tertiary/aromatic N) is 3. The summed E-state index contributed by atoms with van der Waals surface area (Å²) < 4.78 is 6.59. The maximum Gasteiger partial charge on any atom is 0.342 e. The number of ether oxygens (including phenoxy) is 1. The van der Waals surface area contributed by atoms with Crippen molar-refractivity contribution < 1.29 is 14.6 Å². The summed E-state index contributed by atoms with van der Waals surface area (Å²) >= 11 is 0. The lowest BCUT2D eigenvalue weighted by Crippen LogP contribution is -2.05. The van der Waals surface area contributed by atoms with Crippen LogP contribution in [-0.2, 0) is 0 Å². The second-order valence-corrected chi connectivity index (χ2v) is 5.41. The molecule has 1 aromatic carbocycles. The van der Waals surface area contributed by atoms with E-state index in [1.54, 1.807) is 6.07 Å². The molecule has 2 heterocycles. The Morgan fingerprint density at radius 2 is 1.92 bits per heavy atom. The third-order valence-electron chi connectivity index (χ3n) is 3.98. The van der Waals surface area contributed by atoms with Crippen molar-refractivity contribution in [3.05, 3.63) is 59.3 Å². The van der Waals surface area contributed by atoms with Gasteiger partial charge in [0, 0.05) is 5.56 Å². The van der Waals surface area contributed by atoms with E-state index in [1.807, 2.05) is 24.3 Å². The molecule has 24 heavy (non-hydrogen) atoms. The maximum absolute atomic E-state index is 11.2. The van der Waals surface area contributed by atoms with Gasteiger partial charge in [0.25, 0.3) is 0 Å². The molecule has 122 valence electrons. The van der Waals surface area contributed by atoms with Gasteiger partial charge < -0.3 is 9.84 Å². The van der Waals surface area contributed by atoms with Crippen molar-refractivity contribution in [3.63, 3.8) is 0 Å². The van der Waals surface area contributed by atoms with Crippen LogP contribution in [0.5, 0.6) is 5.88 Å². The van der Waals surface area contributed by atoms with Crippen molar-refractivity contribution in [1.29, 1.82) is 0 Å². The number of pyridine rings is 1. The summed E-state index contributed by atoms with van der Waals surface area (Å²) in [4.78, 5) is 15.9. The molecule has 0 amide bonds. The summed E-state index contributed by atoms with van der Waals surface area (Å²) in [6, 6.07) is 11.6. The Morgan fingerprint density at radius 1 is 1.17 bits per heavy atom. The van der Waals surface area contributed by atoms with Gasteiger partial charge in [-0.15, -0.1) is 0 Å². The Bertz CT molecular complexity index is 916. The van der Waals surface area contributed by atoms with Crippen LogP contribution in [0.3, 0.4) is 0 Å². The fourth-order valence-corrected chi connectivity index (χ4v) is 2.56. The number of carboxylic acids is 1. The number of carbonyl (C=O) groups is 1. The Balaban J connectivity index is 2.12. The zero-order valence-electron chi connectivity index (χ0n) is 13.6. The normalized spacial score (nSPS) is 10.6. The van der Waals surface area contributed by atoms with Crippen LogP contribution >= 0.6 is 0 Å². The largest absolute Gasteiger partial charge is 0.480 e. The van der Waals surface area contributed by atoms with Gasteiger partial charge in [-0.2, -0.15) is 9.78 Å². The first-order chi connectivity index (χ1) is 11.5. The van der Waals surface area contributed by atoms with Crippen molar-refractivity contribution in [2.75, 3.05) is 7.11 Å². The Hall–Kier alpha value is -3.15. The van der Waals surface area contributed by atoms with E-state index in [1.165, 1.54) is 23.6 Å². The highest BCUT2D eigenvalue weighted by molar-refractivity contribution is 5.90. The average Bonchev–Trinajstić information content (AvgIpc) is 3.01. The van der Waals surface area contributed by atoms with Crippen molar-refractivity contribution in [3.8, 4) is 23.0 Å². The highest BCUT2D eigenvalue weighted by atomic mass is 16.5. The lowest BCUT2D eigenvalue weighted by atomic mass is 10.0. The molecular formula is C18H17N3O3. The number of hydrogen-bond acceptors (Lipinski definition) is 4. The Labute approximate surface area is 139 Å². The smallest absolute Gasteiger partial charge is 0.342 e. The molecular weight excluding hydrogens is 306 g/mol. The highest BCUT2D eigenvalue weighted by Crippen LogP contribution is 2.26. The minimum absolute atomic E-state index is 0.00330. The first-order valence-corrected chi connectivity index (χ1v) is 7.42. The topological polar surface area (TPSA) is 77.2 Å². The SMILES string of the molecule is COc1c(C(=O)O)cnn1-c1cccc(-c2cccc(C)c2C)n1. The third kappa shape index (κ3) is 2.62. The van der Waals surface area contributed by atoms with Gasteiger partial charge in [-0.1, -0.05) is 24.3 Å². The van der Waals surface area contributed by atoms with Crippen LogP contribution in [0.4, 0.5) is 0 Å². The number of aromatic nitrogens is 3. The monoisotopic (exact) mass is 323 g/mol. The molecule has 0 unspecified atom stereocenters. The molecule has 0 aliphatic carbocycles. The summed E-state index contributed by atoms with van der Waals surface area (Å²) in [6.45, 7) is 4.11. The Morgan fingerprint density at radius 3 is 2.62 bits per heavy atom. The third-order valence-corrected chi connectivity index (χ3v) is 3.98. The molecule has 0 saturated carbocycles. The van der Waals surface area contributed by atoms with Crippen LogP contribution in [0.25, 0.3) is 17.1 Å². The van der Waals surface area contributed by atoms with E-state index >= 15 is 0 Å². The first kappa shape index (κ1) is 15.7. The van der Waals surface area contributed by atoms with Crippen LogP contribution < -0.4 is 4.74 Å². The molecule has 6 nitrogen and oxygen atoms in total. The quantitative estimate of drug-likeness (QED) is 0.797. The standard InChI is InChI=1S/C18H17N3O3/c1-11-6-4-7-13(12(11)2)15-8-5-9-16(20-15)21-17(24-3)14(10-19-21)18(22)23/h4-10H,1-3H3,(H,22,23). The number of benzene rings is 1. The van der Waals surface area contributed by atoms with Gasteiger partial charge in [-0.05, 0) is 37.1 Å². The van der Waals surface area contributed by atoms with Crippen LogP contribution in [0.2, 0.25) is 0 Å². The molecule has 1 N–H and O–H groups in total. The summed E-state index contributed by atoms with van der Waals surface area (Å²) in [7, 11) is 1.41. The Kier molecular flexibility index (Phi) is 4.04. The summed E-state index contributed by atoms with van der Waals surface area (Å²) in [5.74, 6) is -0.449. The van der Waals surface area contributed by atoms with Crippen molar-refractivity contribution in [1.82, 2.24) is 14.8 Å². The summed E-state index contributed by atoms with van der Waals surface area (Å²) in [6.07, 6.45) is 1.26. The summed E-state index contributed by atoms with van der Waals surface area (Å²) in [5, 5.41) is 13.3. The van der Waals surface area contributed by atoms with E-state index in [2.05, 4.69) is 30.0 Å². The van der Waals surface area contributed by atoms with Gasteiger partial charge in [0.15, 0.2) is 5.82 Å². The molecule has 6 heteroatoms. The van der Waals surface area contributed by atoms with Crippen LogP contribution in [0, 0.1) is 13.8 Å². The molecule has 3 rings (SSSR count). The van der Waals surface area contributed by atoms with E-state index in [9.17, 15) is 9.90 Å². The lowest BCUT2D eigenvalue weighted by Gasteiger charge is -2.11. The predicted molar refractivity (Wildman–Crippen MR) is 89.8 cm³/mol. The van der Waals surface area contributed by atoms with Gasteiger partial charge in [-0.25, -0.2) is 9.78 Å². The van der Waals surface area contributed by atoms with Gasteiger partial charge >= 0.3 is 5.97 Å². The van der Waals surface area contributed by atoms with E-state index < -0.39 is 5.97 Å². The molecule has 0 spiro atoms. The van der Waals surface area contributed by atoms with Crippen molar-refractivity contribution in [2.45, 2.75) is 13.8 Å². The fraction of sp³-hybridized carbons (Fsp3) is 0.167. The average molecular weight is 323 g/mol. The zero-order chi connectivity index (χ0) is 17.3. The van der Waals surface area contributed by atoms with E-state index in [0.717, 1.165) is 16.8 Å². The maximum atomic E-state index is 11.2. The highest BCUT2D eigenvalue weighted by Gasteiger charge is 2.19. The minimum atomic E-state index is -1.09. The first-order valence-electron chi connectivity index (χ1n) is 7.42. The molecule has 2 aromatic heterocycles. The number of aromatic carboxylic acids is 1. The lowest BCUT2D eigenvalue weighted by molar-refractivity contribution is 0.0693. The van der Waals surface area contributed by atoms with Crippen LogP contribution in [-0.4, -0.2) is 33.0 Å². The van der Waals surface area contributed by atoms with Crippen LogP contribution in [0.15, 0.2) is 42.6 Å². The minimum Gasteiger partial charge on any atom is -0.480 e. The fourth-order valence-electron chi connectivity index (χ4n) is 2.56. The van der Waals surface area contributed by atoms with Gasteiger partial charge in [0.2, 0.25) is 5.88 Å². The number of methoxy groups -OCH3 is 1. The molecule has 0 atom stereocenters. The van der Waals surface area contributed by atoms with Crippen molar-refractivity contribution in [2.24, 2.45) is 0 Å². The van der Waals surface area contributed by atoms with Gasteiger partial charge in [-0.3, -0.25) is 0 Å². The predicted octanol–water partition coefficient (Wildman–Crippen LogP) is 3.26. The molecule has 0 saturated heterocycles. The second-order valence-electron chi connectivity index (χ2n) is 5.41. The van der Waals surface area contributed by atoms with Gasteiger partial charge in [0.05, 0.1) is 19.0 Å². The second kappa shape index (κ2) is 6.16.